The van der Waals surface area contributed by atoms with Crippen molar-refractivity contribution < 1.29 is 14.7 Å². The topological polar surface area (TPSA) is 66.4 Å². The second-order valence-corrected chi connectivity index (χ2v) is 4.41. The van der Waals surface area contributed by atoms with E-state index in [1.54, 1.807) is 0 Å². The van der Waals surface area contributed by atoms with Crippen molar-refractivity contribution in [2.24, 2.45) is 0 Å². The Morgan fingerprint density at radius 1 is 1.62 bits per heavy atom. The SMILES string of the molecule is CC(SC(=O)[C@@H]1CCCN1)C(=O)O. The van der Waals surface area contributed by atoms with Crippen LogP contribution in [0.2, 0.25) is 0 Å². The maximum Gasteiger partial charge on any atom is 0.316 e. The van der Waals surface area contributed by atoms with Crippen molar-refractivity contribution in [2.45, 2.75) is 31.1 Å². The van der Waals surface area contributed by atoms with Gasteiger partial charge >= 0.3 is 5.97 Å². The molecule has 0 aromatic carbocycles. The van der Waals surface area contributed by atoms with Gasteiger partial charge in [-0.25, -0.2) is 0 Å². The van der Waals surface area contributed by atoms with Crippen molar-refractivity contribution in [2.75, 3.05) is 6.54 Å². The van der Waals surface area contributed by atoms with Crippen molar-refractivity contribution in [1.82, 2.24) is 5.32 Å². The number of nitrogens with one attached hydrogen (secondary N) is 1. The van der Waals surface area contributed by atoms with Crippen LogP contribution in [-0.2, 0) is 9.59 Å². The predicted molar refractivity (Wildman–Crippen MR) is 50.7 cm³/mol. The molecule has 1 heterocycles. The molecule has 1 unspecified atom stereocenters. The van der Waals surface area contributed by atoms with Crippen LogP contribution in [0.25, 0.3) is 0 Å². The molecule has 0 amide bonds. The first-order valence-corrected chi connectivity index (χ1v) is 5.16. The summed E-state index contributed by atoms with van der Waals surface area (Å²) < 4.78 is 0. The second kappa shape index (κ2) is 4.62. The van der Waals surface area contributed by atoms with Gasteiger partial charge in [0.15, 0.2) is 0 Å². The Bertz CT molecular complexity index is 213. The molecular weight excluding hydrogens is 190 g/mol. The minimum Gasteiger partial charge on any atom is -0.480 e. The van der Waals surface area contributed by atoms with E-state index in [1.807, 2.05) is 0 Å². The van der Waals surface area contributed by atoms with Crippen LogP contribution >= 0.6 is 11.8 Å². The predicted octanol–water partition coefficient (Wildman–Crippen LogP) is 0.471. The Kier molecular flexibility index (Phi) is 3.74. The lowest BCUT2D eigenvalue weighted by molar-refractivity contribution is -0.136. The van der Waals surface area contributed by atoms with Crippen LogP contribution in [0.15, 0.2) is 0 Å². The van der Waals surface area contributed by atoms with Gasteiger partial charge in [0.25, 0.3) is 0 Å². The van der Waals surface area contributed by atoms with Gasteiger partial charge in [-0.3, -0.25) is 9.59 Å². The van der Waals surface area contributed by atoms with Crippen molar-refractivity contribution in [3.05, 3.63) is 0 Å². The minimum atomic E-state index is -0.934. The van der Waals surface area contributed by atoms with E-state index in [-0.39, 0.29) is 11.2 Å². The fourth-order valence-corrected chi connectivity index (χ4v) is 2.01. The van der Waals surface area contributed by atoms with Crippen LogP contribution in [0.4, 0.5) is 0 Å². The molecule has 74 valence electrons. The summed E-state index contributed by atoms with van der Waals surface area (Å²) >= 11 is 0.904. The number of carbonyl (C=O) groups is 2. The normalized spacial score (nSPS) is 24.2. The molecule has 2 N–H and O–H groups in total. The smallest absolute Gasteiger partial charge is 0.316 e. The van der Waals surface area contributed by atoms with Crippen LogP contribution in [0.1, 0.15) is 19.8 Å². The molecule has 1 saturated heterocycles. The molecule has 0 aromatic rings. The summed E-state index contributed by atoms with van der Waals surface area (Å²) in [4.78, 5) is 21.9. The highest BCUT2D eigenvalue weighted by Crippen LogP contribution is 2.18. The summed E-state index contributed by atoms with van der Waals surface area (Å²) in [7, 11) is 0. The monoisotopic (exact) mass is 203 g/mol. The number of thioether (sulfide) groups is 1. The number of aliphatic carboxylic acids is 1. The first-order chi connectivity index (χ1) is 6.11. The minimum absolute atomic E-state index is 0.0487. The van der Waals surface area contributed by atoms with Gasteiger partial charge in [-0.2, -0.15) is 0 Å². The van der Waals surface area contributed by atoms with E-state index in [0.29, 0.717) is 0 Å². The molecule has 0 spiro atoms. The summed E-state index contributed by atoms with van der Waals surface area (Å²) in [6.07, 6.45) is 1.83. The Balaban J connectivity index is 2.35. The molecule has 1 aliphatic rings. The van der Waals surface area contributed by atoms with Gasteiger partial charge < -0.3 is 10.4 Å². The molecule has 13 heavy (non-hydrogen) atoms. The van der Waals surface area contributed by atoms with Gasteiger partial charge in [0.05, 0.1) is 6.04 Å². The number of carboxylic acids is 1. The van der Waals surface area contributed by atoms with E-state index in [2.05, 4.69) is 5.32 Å². The quantitative estimate of drug-likeness (QED) is 0.698. The lowest BCUT2D eigenvalue weighted by Gasteiger charge is -2.09. The van der Waals surface area contributed by atoms with Gasteiger partial charge in [0, 0.05) is 0 Å². The lowest BCUT2D eigenvalue weighted by atomic mass is 10.2. The number of carbonyl (C=O) groups excluding carboxylic acids is 1. The van der Waals surface area contributed by atoms with E-state index in [9.17, 15) is 9.59 Å². The average Bonchev–Trinajstić information content (AvgIpc) is 2.55. The highest BCUT2D eigenvalue weighted by Gasteiger charge is 2.26. The highest BCUT2D eigenvalue weighted by atomic mass is 32.2. The fourth-order valence-electron chi connectivity index (χ4n) is 1.19. The molecule has 0 aromatic heterocycles. The van der Waals surface area contributed by atoms with E-state index in [4.69, 9.17) is 5.11 Å². The highest BCUT2D eigenvalue weighted by molar-refractivity contribution is 8.14. The Labute approximate surface area is 81.1 Å². The zero-order valence-electron chi connectivity index (χ0n) is 7.45. The molecule has 1 rings (SSSR count). The van der Waals surface area contributed by atoms with Crippen LogP contribution in [0.3, 0.4) is 0 Å². The van der Waals surface area contributed by atoms with Crippen LogP contribution in [-0.4, -0.2) is 34.0 Å². The second-order valence-electron chi connectivity index (χ2n) is 3.07. The Morgan fingerprint density at radius 3 is 2.77 bits per heavy atom. The third kappa shape index (κ3) is 3.00. The number of hydrogen-bond acceptors (Lipinski definition) is 4. The molecule has 5 heteroatoms. The fraction of sp³-hybridized carbons (Fsp3) is 0.750. The third-order valence-corrected chi connectivity index (χ3v) is 3.06. The zero-order valence-corrected chi connectivity index (χ0v) is 8.26. The van der Waals surface area contributed by atoms with Gasteiger partial charge in [0.2, 0.25) is 5.12 Å². The van der Waals surface area contributed by atoms with E-state index < -0.39 is 11.2 Å². The zero-order chi connectivity index (χ0) is 9.84. The van der Waals surface area contributed by atoms with Crippen molar-refractivity contribution >= 4 is 22.8 Å². The molecular formula is C8H13NO3S. The molecule has 0 aliphatic carbocycles. The molecule has 4 nitrogen and oxygen atoms in total. The number of carboxylic acid groups (broad SMARTS) is 1. The molecule has 0 saturated carbocycles. The van der Waals surface area contributed by atoms with Crippen LogP contribution in [0, 0.1) is 0 Å². The van der Waals surface area contributed by atoms with E-state index in [1.165, 1.54) is 6.92 Å². The summed E-state index contributed by atoms with van der Waals surface area (Å²) in [5.41, 5.74) is 0. The summed E-state index contributed by atoms with van der Waals surface area (Å²) in [6.45, 7) is 2.39. The lowest BCUT2D eigenvalue weighted by Crippen LogP contribution is -2.30. The van der Waals surface area contributed by atoms with Gasteiger partial charge in [-0.15, -0.1) is 0 Å². The number of hydrogen-bond donors (Lipinski definition) is 2. The van der Waals surface area contributed by atoms with Crippen LogP contribution < -0.4 is 5.32 Å². The van der Waals surface area contributed by atoms with Gasteiger partial charge in [-0.05, 0) is 26.3 Å². The van der Waals surface area contributed by atoms with Gasteiger partial charge in [-0.1, -0.05) is 11.8 Å². The Hall–Kier alpha value is -0.550. The maximum absolute atomic E-state index is 11.4. The van der Waals surface area contributed by atoms with Crippen LogP contribution in [0.5, 0.6) is 0 Å². The summed E-state index contributed by atoms with van der Waals surface area (Å²) in [5, 5.41) is 10.9. The van der Waals surface area contributed by atoms with Crippen molar-refractivity contribution in [1.29, 1.82) is 0 Å². The average molecular weight is 203 g/mol. The Morgan fingerprint density at radius 2 is 2.31 bits per heavy atom. The standard InChI is InChI=1S/C8H13NO3S/c1-5(7(10)11)13-8(12)6-3-2-4-9-6/h5-6,9H,2-4H2,1H3,(H,10,11)/t5?,6-/m0/s1. The van der Waals surface area contributed by atoms with Crippen molar-refractivity contribution in [3.8, 4) is 0 Å². The summed E-state index contributed by atoms with van der Waals surface area (Å²) in [5.74, 6) is -0.934. The van der Waals surface area contributed by atoms with E-state index in [0.717, 1.165) is 31.1 Å². The largest absolute Gasteiger partial charge is 0.480 e. The molecule has 2 atom stereocenters. The first-order valence-electron chi connectivity index (χ1n) is 4.28. The molecule has 0 bridgehead atoms. The van der Waals surface area contributed by atoms with Crippen molar-refractivity contribution in [3.63, 3.8) is 0 Å². The molecule has 0 radical (unpaired) electrons. The van der Waals surface area contributed by atoms with Gasteiger partial charge in [0.1, 0.15) is 5.25 Å². The van der Waals surface area contributed by atoms with E-state index >= 15 is 0 Å². The third-order valence-electron chi connectivity index (χ3n) is 1.99. The first kappa shape index (κ1) is 10.5. The molecule has 1 fully saturated rings. The number of rotatable bonds is 3. The maximum atomic E-state index is 11.4. The summed E-state index contributed by atoms with van der Waals surface area (Å²) in [6, 6.07) is -0.133. The molecule has 1 aliphatic heterocycles.